The van der Waals surface area contributed by atoms with E-state index >= 15 is 0 Å². The van der Waals surface area contributed by atoms with Crippen molar-refractivity contribution in [1.82, 2.24) is 9.97 Å². The van der Waals surface area contributed by atoms with E-state index in [1.807, 2.05) is 12.1 Å². The van der Waals surface area contributed by atoms with Crippen molar-refractivity contribution in [2.24, 2.45) is 0 Å². The average molecular weight is 489 g/mol. The first-order valence-electron chi connectivity index (χ1n) is 8.84. The Hall–Kier alpha value is -2.95. The van der Waals surface area contributed by atoms with Gasteiger partial charge in [-0.1, -0.05) is 28.1 Å². The van der Waals surface area contributed by atoms with Gasteiger partial charge in [0.2, 0.25) is 6.41 Å². The van der Waals surface area contributed by atoms with Crippen LogP contribution in [0.4, 0.5) is 11.5 Å². The van der Waals surface area contributed by atoms with E-state index in [0.717, 1.165) is 15.6 Å². The number of nitro benzene ring substituents is 1. The first-order chi connectivity index (χ1) is 14.5. The van der Waals surface area contributed by atoms with Crippen molar-refractivity contribution < 1.29 is 14.6 Å². The number of nitro groups is 1. The molecule has 0 bridgehead atoms. The van der Waals surface area contributed by atoms with Gasteiger partial charge < -0.3 is 0 Å². The van der Waals surface area contributed by atoms with Gasteiger partial charge >= 0.3 is 0 Å². The van der Waals surface area contributed by atoms with Crippen LogP contribution in [0, 0.1) is 10.1 Å². The average Bonchev–Trinajstić information content (AvgIpc) is 3.25. The molecule has 0 N–H and O–H groups in total. The number of amides is 1. The summed E-state index contributed by atoms with van der Waals surface area (Å²) in [4.78, 5) is 36.6. The van der Waals surface area contributed by atoms with Crippen LogP contribution in [-0.4, -0.2) is 27.4 Å². The number of nitrogens with zero attached hydrogens (tertiary/aromatic N) is 4. The summed E-state index contributed by atoms with van der Waals surface area (Å²) in [6, 6.07) is 8.56. The Labute approximate surface area is 185 Å². The molecule has 0 saturated heterocycles. The van der Waals surface area contributed by atoms with Crippen molar-refractivity contribution in [1.29, 1.82) is 0 Å². The number of benzene rings is 1. The summed E-state index contributed by atoms with van der Waals surface area (Å²) in [5.74, 6) is 0.350. The lowest BCUT2D eigenvalue weighted by Crippen LogP contribution is -2.28. The highest BCUT2D eigenvalue weighted by molar-refractivity contribution is 9.10. The minimum absolute atomic E-state index is 0.0286. The maximum absolute atomic E-state index is 11.6. The van der Waals surface area contributed by atoms with Crippen LogP contribution >= 0.6 is 27.3 Å². The van der Waals surface area contributed by atoms with Crippen molar-refractivity contribution in [3.63, 3.8) is 0 Å². The molecule has 3 rings (SSSR count). The van der Waals surface area contributed by atoms with Gasteiger partial charge in [-0.3, -0.25) is 24.7 Å². The number of hydrogen-bond donors (Lipinski definition) is 0. The molecule has 1 aromatic carbocycles. The smallest absolute Gasteiger partial charge is 0.273 e. The lowest BCUT2D eigenvalue weighted by molar-refractivity contribution is -0.385. The molecule has 2 heterocycles. The highest BCUT2D eigenvalue weighted by Crippen LogP contribution is 2.28. The van der Waals surface area contributed by atoms with E-state index in [9.17, 15) is 14.9 Å². The van der Waals surface area contributed by atoms with E-state index in [1.54, 1.807) is 36.0 Å². The van der Waals surface area contributed by atoms with Crippen molar-refractivity contribution >= 4 is 45.2 Å². The number of aryl methyl sites for hydroxylation is 1. The third-order valence-corrected chi connectivity index (χ3v) is 5.57. The number of anilines is 1. The largest absolute Gasteiger partial charge is 0.276 e. The highest BCUT2D eigenvalue weighted by Gasteiger charge is 2.19. The summed E-state index contributed by atoms with van der Waals surface area (Å²) in [6.45, 7) is 3.75. The SMILES string of the molecule is C=CC(CCc1ccc(Br)cc1[N+](=O)[O-])ON(C=O)c1csc(-c2ccncc2)n1. The lowest BCUT2D eigenvalue weighted by atomic mass is 10.1. The lowest BCUT2D eigenvalue weighted by Gasteiger charge is -2.20. The van der Waals surface area contributed by atoms with Crippen LogP contribution in [0.15, 0.2) is 65.2 Å². The molecule has 0 aliphatic rings. The second-order valence-electron chi connectivity index (χ2n) is 6.13. The predicted molar refractivity (Wildman–Crippen MR) is 118 cm³/mol. The van der Waals surface area contributed by atoms with Crippen molar-refractivity contribution in [2.75, 3.05) is 5.06 Å². The Morgan fingerprint density at radius 2 is 2.10 bits per heavy atom. The van der Waals surface area contributed by atoms with Gasteiger partial charge in [0, 0.05) is 39.4 Å². The Kier molecular flexibility index (Phi) is 7.39. The second kappa shape index (κ2) is 10.2. The minimum atomic E-state index is -0.537. The standard InChI is InChI=1S/C20H17BrN4O4S/c1-2-17(6-4-14-3-5-16(21)11-18(14)25(27)28)29-24(13-26)19-12-30-20(23-19)15-7-9-22-10-8-15/h2-3,5,7-13,17H,1,4,6H2. The van der Waals surface area contributed by atoms with Gasteiger partial charge in [-0.15, -0.1) is 17.9 Å². The molecule has 0 fully saturated rings. The number of rotatable bonds is 10. The molecule has 10 heteroatoms. The molecule has 0 spiro atoms. The number of thiazole rings is 1. The van der Waals surface area contributed by atoms with E-state index in [1.165, 1.54) is 17.4 Å². The van der Waals surface area contributed by atoms with Gasteiger partial charge in [-0.25, -0.2) is 4.98 Å². The summed E-state index contributed by atoms with van der Waals surface area (Å²) < 4.78 is 0.634. The quantitative estimate of drug-likeness (QED) is 0.173. The number of aromatic nitrogens is 2. The summed E-state index contributed by atoms with van der Waals surface area (Å²) in [6.07, 6.45) is 5.66. The van der Waals surface area contributed by atoms with Crippen LogP contribution < -0.4 is 5.06 Å². The van der Waals surface area contributed by atoms with Crippen LogP contribution in [0.25, 0.3) is 10.6 Å². The molecule has 3 aromatic rings. The van der Waals surface area contributed by atoms with Crippen LogP contribution in [0.3, 0.4) is 0 Å². The zero-order valence-corrected chi connectivity index (χ0v) is 18.1. The highest BCUT2D eigenvalue weighted by atomic mass is 79.9. The van der Waals surface area contributed by atoms with Gasteiger partial charge in [0.1, 0.15) is 11.1 Å². The number of hydroxylamine groups is 1. The Morgan fingerprint density at radius 3 is 2.77 bits per heavy atom. The Bertz CT molecular complexity index is 1040. The minimum Gasteiger partial charge on any atom is -0.276 e. The molecule has 1 atom stereocenters. The Balaban J connectivity index is 1.69. The van der Waals surface area contributed by atoms with E-state index in [0.29, 0.717) is 35.1 Å². The molecule has 2 aromatic heterocycles. The van der Waals surface area contributed by atoms with Crippen LogP contribution in [0.2, 0.25) is 0 Å². The monoisotopic (exact) mass is 488 g/mol. The first kappa shape index (κ1) is 21.8. The predicted octanol–water partition coefficient (Wildman–Crippen LogP) is 4.96. The van der Waals surface area contributed by atoms with Crippen molar-refractivity contribution in [3.8, 4) is 10.6 Å². The van der Waals surface area contributed by atoms with Crippen LogP contribution in [-0.2, 0) is 16.1 Å². The summed E-state index contributed by atoms with van der Waals surface area (Å²) in [5, 5.41) is 14.8. The number of halogens is 1. The van der Waals surface area contributed by atoms with E-state index < -0.39 is 11.0 Å². The molecule has 30 heavy (non-hydrogen) atoms. The van der Waals surface area contributed by atoms with Gasteiger partial charge in [0.15, 0.2) is 5.82 Å². The number of carbonyl (C=O) groups excluding carboxylic acids is 1. The summed E-state index contributed by atoms with van der Waals surface area (Å²) >= 11 is 4.62. The molecule has 0 aliphatic carbocycles. The van der Waals surface area contributed by atoms with Crippen LogP contribution in [0.5, 0.6) is 0 Å². The molecule has 8 nitrogen and oxygen atoms in total. The second-order valence-corrected chi connectivity index (χ2v) is 7.90. The van der Waals surface area contributed by atoms with E-state index in [-0.39, 0.29) is 5.69 Å². The first-order valence-corrected chi connectivity index (χ1v) is 10.5. The zero-order chi connectivity index (χ0) is 21.5. The molecule has 0 radical (unpaired) electrons. The van der Waals surface area contributed by atoms with E-state index in [2.05, 4.69) is 32.5 Å². The molecule has 1 amide bonds. The molecular weight excluding hydrogens is 472 g/mol. The topological polar surface area (TPSA) is 98.5 Å². The molecule has 154 valence electrons. The fourth-order valence-corrected chi connectivity index (χ4v) is 3.84. The maximum Gasteiger partial charge on any atom is 0.273 e. The van der Waals surface area contributed by atoms with Gasteiger partial charge in [-0.2, -0.15) is 5.06 Å². The van der Waals surface area contributed by atoms with Crippen molar-refractivity contribution in [3.05, 3.63) is 80.9 Å². The maximum atomic E-state index is 11.6. The third-order valence-electron chi connectivity index (χ3n) is 4.19. The van der Waals surface area contributed by atoms with Crippen LogP contribution in [0.1, 0.15) is 12.0 Å². The molecule has 0 aliphatic heterocycles. The fraction of sp³-hybridized carbons (Fsp3) is 0.150. The number of hydrogen-bond acceptors (Lipinski definition) is 7. The zero-order valence-electron chi connectivity index (χ0n) is 15.7. The van der Waals surface area contributed by atoms with Crippen molar-refractivity contribution in [2.45, 2.75) is 18.9 Å². The number of pyridine rings is 1. The van der Waals surface area contributed by atoms with Gasteiger partial charge in [0.25, 0.3) is 5.69 Å². The Morgan fingerprint density at radius 1 is 1.33 bits per heavy atom. The van der Waals surface area contributed by atoms with E-state index in [4.69, 9.17) is 4.84 Å². The summed E-state index contributed by atoms with van der Waals surface area (Å²) in [7, 11) is 0. The normalized spacial score (nSPS) is 11.6. The van der Waals surface area contributed by atoms with Gasteiger partial charge in [-0.05, 0) is 31.0 Å². The number of carbonyl (C=O) groups is 1. The summed E-state index contributed by atoms with van der Waals surface area (Å²) in [5.41, 5.74) is 1.49. The molecule has 0 saturated carbocycles. The molecule has 1 unspecified atom stereocenters. The molecular formula is C20H17BrN4O4S. The van der Waals surface area contributed by atoms with Gasteiger partial charge in [0.05, 0.1) is 4.92 Å². The third kappa shape index (κ3) is 5.35. The fourth-order valence-electron chi connectivity index (χ4n) is 2.70.